The summed E-state index contributed by atoms with van der Waals surface area (Å²) in [7, 11) is 0. The van der Waals surface area contributed by atoms with Crippen LogP contribution in [0.3, 0.4) is 0 Å². The highest BCUT2D eigenvalue weighted by Crippen LogP contribution is 2.47. The molecule has 0 radical (unpaired) electrons. The minimum absolute atomic E-state index is 0.198. The standard InChI is InChI=1S/C44H32O2/c1-2-10-29(11-3-1)35-22-23-36(44-43(35)45-24-25-46-44)34-15-9-14-32(27-34)30-12-8-13-31(26-30)33-20-21-41-39-18-5-4-16-37(39)38-17-6-7-19-40(38)42(41)28-33/h1-14,16-23,26-28,34H,15,24-25H2. The fraction of sp³-hybridized carbons (Fsp3) is 0.0909. The van der Waals surface area contributed by atoms with Crippen LogP contribution in [0.4, 0.5) is 0 Å². The van der Waals surface area contributed by atoms with E-state index in [1.165, 1.54) is 60.1 Å². The van der Waals surface area contributed by atoms with Gasteiger partial charge in [0.05, 0.1) is 0 Å². The zero-order valence-electron chi connectivity index (χ0n) is 25.4. The molecule has 7 aromatic carbocycles. The van der Waals surface area contributed by atoms with Gasteiger partial charge in [-0.1, -0.05) is 140 Å². The van der Waals surface area contributed by atoms with Gasteiger partial charge in [-0.15, -0.1) is 0 Å². The molecule has 0 amide bonds. The molecule has 1 heterocycles. The maximum atomic E-state index is 6.30. The van der Waals surface area contributed by atoms with E-state index in [1.54, 1.807) is 0 Å². The van der Waals surface area contributed by atoms with Crippen molar-refractivity contribution in [1.82, 2.24) is 0 Å². The van der Waals surface area contributed by atoms with E-state index in [-0.39, 0.29) is 5.92 Å². The van der Waals surface area contributed by atoms with Crippen molar-refractivity contribution in [3.63, 3.8) is 0 Å². The Balaban J connectivity index is 1.10. The monoisotopic (exact) mass is 592 g/mol. The normalized spacial score (nSPS) is 15.7. The smallest absolute Gasteiger partial charge is 0.169 e. The molecule has 9 rings (SSSR count). The Morgan fingerprint density at radius 2 is 1.07 bits per heavy atom. The van der Waals surface area contributed by atoms with E-state index in [2.05, 4.69) is 146 Å². The van der Waals surface area contributed by atoms with E-state index >= 15 is 0 Å². The summed E-state index contributed by atoms with van der Waals surface area (Å²) in [4.78, 5) is 0. The molecule has 0 bridgehead atoms. The van der Waals surface area contributed by atoms with Crippen LogP contribution in [0.15, 0.2) is 152 Å². The second kappa shape index (κ2) is 11.1. The predicted octanol–water partition coefficient (Wildman–Crippen LogP) is 11.4. The van der Waals surface area contributed by atoms with Crippen LogP contribution in [-0.4, -0.2) is 13.2 Å². The van der Waals surface area contributed by atoms with Gasteiger partial charge in [0.25, 0.3) is 0 Å². The minimum Gasteiger partial charge on any atom is -0.486 e. The fourth-order valence-electron chi connectivity index (χ4n) is 7.35. The molecule has 0 saturated heterocycles. The third-order valence-corrected chi connectivity index (χ3v) is 9.54. The topological polar surface area (TPSA) is 18.5 Å². The number of rotatable bonds is 4. The quantitative estimate of drug-likeness (QED) is 0.189. The summed E-state index contributed by atoms with van der Waals surface area (Å²) in [6, 6.07) is 48.3. The molecule has 2 nitrogen and oxygen atoms in total. The molecule has 2 aliphatic rings. The molecule has 1 atom stereocenters. The summed E-state index contributed by atoms with van der Waals surface area (Å²) < 4.78 is 12.5. The Bertz CT molecular complexity index is 2310. The lowest BCUT2D eigenvalue weighted by Crippen LogP contribution is -2.18. The lowest BCUT2D eigenvalue weighted by atomic mass is 9.85. The van der Waals surface area contributed by atoms with E-state index < -0.39 is 0 Å². The van der Waals surface area contributed by atoms with E-state index in [1.807, 2.05) is 6.07 Å². The fourth-order valence-corrected chi connectivity index (χ4v) is 7.35. The molecule has 1 aliphatic heterocycles. The van der Waals surface area contributed by atoms with Crippen molar-refractivity contribution >= 4 is 37.9 Å². The minimum atomic E-state index is 0.198. The number of hydrogen-bond donors (Lipinski definition) is 0. The summed E-state index contributed by atoms with van der Waals surface area (Å²) in [6.45, 7) is 1.13. The first kappa shape index (κ1) is 26.8. The van der Waals surface area contributed by atoms with Crippen molar-refractivity contribution in [1.29, 1.82) is 0 Å². The Labute approximate surface area is 268 Å². The summed E-state index contributed by atoms with van der Waals surface area (Å²) >= 11 is 0. The summed E-state index contributed by atoms with van der Waals surface area (Å²) in [5.41, 5.74) is 8.29. The molecular weight excluding hydrogens is 560 g/mol. The van der Waals surface area contributed by atoms with Gasteiger partial charge in [-0.3, -0.25) is 0 Å². The van der Waals surface area contributed by atoms with Crippen LogP contribution in [0.2, 0.25) is 0 Å². The maximum Gasteiger partial charge on any atom is 0.169 e. The molecular formula is C44H32O2. The van der Waals surface area contributed by atoms with Gasteiger partial charge in [0.1, 0.15) is 13.2 Å². The molecule has 0 N–H and O–H groups in total. The van der Waals surface area contributed by atoms with Crippen LogP contribution < -0.4 is 9.47 Å². The Morgan fingerprint density at radius 3 is 1.83 bits per heavy atom. The Morgan fingerprint density at radius 1 is 0.457 bits per heavy atom. The van der Waals surface area contributed by atoms with Crippen molar-refractivity contribution in [3.05, 3.63) is 163 Å². The summed E-state index contributed by atoms with van der Waals surface area (Å²) in [5.74, 6) is 1.94. The first-order valence-corrected chi connectivity index (χ1v) is 16.1. The number of benzene rings is 7. The highest BCUT2D eigenvalue weighted by molar-refractivity contribution is 6.25. The summed E-state index contributed by atoms with van der Waals surface area (Å²) in [5, 5.41) is 7.78. The van der Waals surface area contributed by atoms with E-state index in [4.69, 9.17) is 9.47 Å². The summed E-state index contributed by atoms with van der Waals surface area (Å²) in [6.07, 6.45) is 7.88. The first-order chi connectivity index (χ1) is 22.8. The third-order valence-electron chi connectivity index (χ3n) is 9.54. The lowest BCUT2D eigenvalue weighted by molar-refractivity contribution is 0.170. The van der Waals surface area contributed by atoms with Crippen molar-refractivity contribution in [2.75, 3.05) is 13.2 Å². The lowest BCUT2D eigenvalue weighted by Gasteiger charge is -2.27. The van der Waals surface area contributed by atoms with E-state index in [0.717, 1.165) is 29.0 Å². The molecule has 0 saturated carbocycles. The predicted molar refractivity (Wildman–Crippen MR) is 192 cm³/mol. The SMILES string of the molecule is C1=CC(c2cccc(-c3ccc4c5ccccc5c5ccccc5c4c3)c2)=CC(c2ccc(-c3ccccc3)c3c2OCCO3)C1. The average molecular weight is 593 g/mol. The molecule has 2 heteroatoms. The van der Waals surface area contributed by atoms with Crippen LogP contribution in [0.25, 0.3) is 60.1 Å². The molecule has 1 unspecified atom stereocenters. The van der Waals surface area contributed by atoms with Crippen LogP contribution in [-0.2, 0) is 0 Å². The van der Waals surface area contributed by atoms with Gasteiger partial charge in [0.15, 0.2) is 11.5 Å². The van der Waals surface area contributed by atoms with Crippen LogP contribution in [0, 0.1) is 0 Å². The first-order valence-electron chi connectivity index (χ1n) is 16.1. The van der Waals surface area contributed by atoms with Gasteiger partial charge in [-0.05, 0) is 78.7 Å². The molecule has 1 aliphatic carbocycles. The highest BCUT2D eigenvalue weighted by Gasteiger charge is 2.25. The van der Waals surface area contributed by atoms with Gasteiger partial charge in [-0.2, -0.15) is 0 Å². The van der Waals surface area contributed by atoms with Gasteiger partial charge < -0.3 is 9.47 Å². The number of ether oxygens (including phenoxy) is 2. The molecule has 0 aromatic heterocycles. The Kier molecular flexibility index (Phi) is 6.45. The average Bonchev–Trinajstić information content (AvgIpc) is 3.15. The van der Waals surface area contributed by atoms with Crippen molar-refractivity contribution in [2.45, 2.75) is 12.3 Å². The molecule has 46 heavy (non-hydrogen) atoms. The molecule has 220 valence electrons. The highest BCUT2D eigenvalue weighted by atomic mass is 16.6. The largest absolute Gasteiger partial charge is 0.486 e. The van der Waals surface area contributed by atoms with Crippen LogP contribution in [0.5, 0.6) is 11.5 Å². The van der Waals surface area contributed by atoms with E-state index in [9.17, 15) is 0 Å². The zero-order valence-corrected chi connectivity index (χ0v) is 25.4. The van der Waals surface area contributed by atoms with Gasteiger partial charge >= 0.3 is 0 Å². The molecule has 7 aromatic rings. The number of hydrogen-bond acceptors (Lipinski definition) is 2. The molecule has 0 fully saturated rings. The second-order valence-corrected chi connectivity index (χ2v) is 12.2. The van der Waals surface area contributed by atoms with Gasteiger partial charge in [-0.25, -0.2) is 0 Å². The molecule has 0 spiro atoms. The van der Waals surface area contributed by atoms with E-state index in [0.29, 0.717) is 13.2 Å². The third kappa shape index (κ3) is 4.49. The van der Waals surface area contributed by atoms with Crippen molar-refractivity contribution < 1.29 is 9.47 Å². The van der Waals surface area contributed by atoms with Crippen molar-refractivity contribution in [2.24, 2.45) is 0 Å². The van der Waals surface area contributed by atoms with Crippen LogP contribution in [0.1, 0.15) is 23.5 Å². The zero-order chi connectivity index (χ0) is 30.5. The van der Waals surface area contributed by atoms with Gasteiger partial charge in [0.2, 0.25) is 0 Å². The van der Waals surface area contributed by atoms with Gasteiger partial charge in [0, 0.05) is 17.0 Å². The number of allylic oxidation sites excluding steroid dienone is 4. The van der Waals surface area contributed by atoms with Crippen LogP contribution >= 0.6 is 0 Å². The number of fused-ring (bicyclic) bond motifs is 7. The second-order valence-electron chi connectivity index (χ2n) is 12.2. The Hall–Kier alpha value is -5.60. The van der Waals surface area contributed by atoms with Crippen molar-refractivity contribution in [3.8, 4) is 33.8 Å². The maximum absolute atomic E-state index is 6.30.